The van der Waals surface area contributed by atoms with E-state index < -0.39 is 88.7 Å². The van der Waals surface area contributed by atoms with Crippen molar-refractivity contribution < 1.29 is 47.3 Å². The molecule has 8 saturated heterocycles. The first kappa shape index (κ1) is 74.4. The van der Waals surface area contributed by atoms with Crippen molar-refractivity contribution in [3.8, 4) is 5.82 Å². The van der Waals surface area contributed by atoms with E-state index >= 15 is 0 Å². The number of aryl methyl sites for hydroxylation is 8. The molecule has 108 heavy (non-hydrogen) atoms. The third-order valence-corrected chi connectivity index (χ3v) is 23.3. The van der Waals surface area contributed by atoms with Crippen molar-refractivity contribution in [2.45, 2.75) is 232 Å². The number of aromatic amines is 2. The maximum Gasteiger partial charge on any atom is 0.351 e. The molecule has 8 aliphatic rings. The number of hydrogen-bond acceptors (Lipinski definition) is 33. The van der Waals surface area contributed by atoms with Gasteiger partial charge in [-0.25, -0.2) is 28.8 Å². The van der Waals surface area contributed by atoms with Gasteiger partial charge in [0.1, 0.15) is 54.0 Å². The molecule has 9 aromatic rings. The van der Waals surface area contributed by atoms with Crippen LogP contribution in [0.2, 0.25) is 0 Å². The average Bonchev–Trinajstić information content (AvgIpc) is 1.58. The van der Waals surface area contributed by atoms with Crippen LogP contribution in [0, 0.1) is 67.2 Å². The molecule has 0 aromatic carbocycles. The van der Waals surface area contributed by atoms with E-state index in [-0.39, 0.29) is 46.5 Å². The van der Waals surface area contributed by atoms with Gasteiger partial charge in [-0.1, -0.05) is 41.5 Å². The Hall–Kier alpha value is -10.4. The number of piperidine rings is 4. The van der Waals surface area contributed by atoms with Gasteiger partial charge in [-0.2, -0.15) is 35.0 Å². The van der Waals surface area contributed by atoms with Gasteiger partial charge in [0.15, 0.2) is 30.7 Å². The minimum atomic E-state index is -0.843. The fraction of sp³-hybridized carbons (Fsp3) is 0.618. The number of nitrogen functional groups attached to an aromatic ring is 1. The van der Waals surface area contributed by atoms with Gasteiger partial charge >= 0.3 is 22.8 Å². The molecule has 6 N–H and O–H groups in total. The van der Waals surface area contributed by atoms with Crippen molar-refractivity contribution in [1.82, 2.24) is 93.5 Å². The highest BCUT2D eigenvalue weighted by molar-refractivity contribution is 5.41. The molecular formula is C68H90N24O16. The summed E-state index contributed by atoms with van der Waals surface area (Å²) < 4.78 is 53.3. The van der Waals surface area contributed by atoms with E-state index in [1.165, 1.54) is 37.2 Å². The van der Waals surface area contributed by atoms with Crippen LogP contribution in [0.5, 0.6) is 0 Å². The Labute approximate surface area is 615 Å². The fourth-order valence-corrected chi connectivity index (χ4v) is 17.1. The summed E-state index contributed by atoms with van der Waals surface area (Å²) in [6, 6.07) is -1.37. The smallest absolute Gasteiger partial charge is 0.351 e. The summed E-state index contributed by atoms with van der Waals surface area (Å²) >= 11 is 0. The third-order valence-electron chi connectivity index (χ3n) is 23.3. The van der Waals surface area contributed by atoms with Gasteiger partial charge < -0.3 is 72.6 Å². The molecule has 8 aliphatic heterocycles. The zero-order valence-electron chi connectivity index (χ0n) is 62.5. The van der Waals surface area contributed by atoms with Gasteiger partial charge in [0, 0.05) is 113 Å². The lowest BCUT2D eigenvalue weighted by molar-refractivity contribution is -0.107. The summed E-state index contributed by atoms with van der Waals surface area (Å²) in [5.74, 6) is 4.57. The molecule has 8 fully saturated rings. The van der Waals surface area contributed by atoms with E-state index in [2.05, 4.69) is 108 Å². The molecule has 8 bridgehead atoms. The highest BCUT2D eigenvalue weighted by atomic mass is 16.6. The van der Waals surface area contributed by atoms with Crippen LogP contribution in [-0.4, -0.2) is 189 Å². The predicted octanol–water partition coefficient (Wildman–Crippen LogP) is 2.54. The molecule has 16 atom stereocenters. The molecule has 578 valence electrons. The standard InChI is InChI=1S/C19H24N8O3.C17H23N5O4.C16H22N6O4.C16H21N5O5/c1-5-19-6-7-25(17-22-13(4)30-24-17)14(12(19)3)16(29-19)26-8-11(2)15(23-18(26)28)27-10-20-9-21-27;1-5-17-6-7-21(15-18-11(4)26-20-15)12(10(17)3)14(25-17)22-8-9(2)13(23)19-16(22)24;1-4-16-5-6-21(14-18-9(3)26-20-14)10(11(16)23)13(25-16)22-7-8(2)12(17)19-15(22)24;1-4-16-5-6-20(14-17-9(3)26-19-14)10(11(16)22)13(25-16)21-7-8(2)12(23)18-15(21)24/h8-10,12,14,16H,5-7H2,1-4H3;8,10,12,14H,5-7H2,1-4H3,(H,19,23,24);7,10-11,13,23H,4-6H2,1-3H3,(H2,17,19,24);7,10-11,13,22H,4-6H2,1-3H3,(H,18,23,24)/t12-,14+,16+,19-;10-,12+,14+,17-;2*10-,11+,13-,16+/m0011/s1. The SMILES string of the molecule is CC[C@@]12CCN(c3noc(C)n3)[C@@H]([C@H](n3cc(C)c(-n4cncn4)nc3=O)O1)[C@@H]2C.CC[C@@]12CCN(c3noc(C)n3)[C@@H]([C@H](n3cc(C)c(=O)[nH]c3=O)O1)[C@@H]2C.CC[C@@]12CCN(c3noc(C)n3)[C@@H]([C@H](n3cc(C)c(=O)[nH]c3=O)O1)[C@@H]2O.CC[C@@]12CCN(c3noc(C)n3)[C@@H]([C@H](n3cc(C)c(N)nc3=O)O1)[C@@H]2O. The van der Waals surface area contributed by atoms with Crippen LogP contribution in [-0.2, 0) is 18.9 Å². The fourth-order valence-electron chi connectivity index (χ4n) is 17.1. The van der Waals surface area contributed by atoms with E-state index in [0.717, 1.165) is 44.3 Å². The van der Waals surface area contributed by atoms with Gasteiger partial charge in [0.2, 0.25) is 23.6 Å². The van der Waals surface area contributed by atoms with Crippen LogP contribution in [0.15, 0.2) is 84.3 Å². The minimum absolute atomic E-state index is 0.119. The number of aliphatic hydroxyl groups excluding tert-OH is 2. The predicted molar refractivity (Wildman–Crippen MR) is 380 cm³/mol. The Kier molecular flexibility index (Phi) is 19.5. The number of anilines is 5. The molecule has 9 aromatic heterocycles. The summed E-state index contributed by atoms with van der Waals surface area (Å²) in [7, 11) is 0. The van der Waals surface area contributed by atoms with Gasteiger partial charge in [0.05, 0.1) is 23.3 Å². The largest absolute Gasteiger partial charge is 0.388 e. The molecule has 0 saturated carbocycles. The Morgan fingerprint density at radius 3 is 1.16 bits per heavy atom. The lowest BCUT2D eigenvalue weighted by Crippen LogP contribution is -2.57. The zero-order valence-corrected chi connectivity index (χ0v) is 62.5. The topological polar surface area (TPSA) is 482 Å². The van der Waals surface area contributed by atoms with Crippen LogP contribution in [0.1, 0.15) is 164 Å². The molecule has 17 rings (SSSR count). The van der Waals surface area contributed by atoms with Gasteiger partial charge in [-0.15, -0.1) is 0 Å². The summed E-state index contributed by atoms with van der Waals surface area (Å²) in [5.41, 5.74) is 3.17. The van der Waals surface area contributed by atoms with Crippen molar-refractivity contribution in [3.63, 3.8) is 0 Å². The Morgan fingerprint density at radius 2 is 0.787 bits per heavy atom. The Bertz CT molecular complexity index is 5020. The number of nitrogens with zero attached hydrogens (tertiary/aromatic N) is 21. The van der Waals surface area contributed by atoms with E-state index in [1.807, 2.05) is 25.7 Å². The Balaban J connectivity index is 0.000000121. The maximum absolute atomic E-state index is 13.1. The number of ether oxygens (including phenoxy) is 4. The van der Waals surface area contributed by atoms with Crippen LogP contribution < -0.4 is 59.2 Å². The summed E-state index contributed by atoms with van der Waals surface area (Å²) in [5, 5.41) is 42.2. The van der Waals surface area contributed by atoms with Crippen LogP contribution in [0.25, 0.3) is 5.82 Å². The number of nitrogens with two attached hydrogens (primary N) is 1. The first-order chi connectivity index (χ1) is 51.5. The van der Waals surface area contributed by atoms with Gasteiger partial charge in [-0.05, 0) is 99.7 Å². The average molecular weight is 1500 g/mol. The second-order valence-corrected chi connectivity index (χ2v) is 29.1. The number of hydrogen-bond donors (Lipinski definition) is 5. The molecule has 40 heteroatoms. The van der Waals surface area contributed by atoms with E-state index in [1.54, 1.807) is 76.5 Å². The second kappa shape index (κ2) is 28.3. The number of rotatable bonds is 13. The van der Waals surface area contributed by atoms with E-state index in [0.29, 0.717) is 109 Å². The molecule has 17 heterocycles. The van der Waals surface area contributed by atoms with Crippen LogP contribution in [0.3, 0.4) is 0 Å². The quantitative estimate of drug-likeness (QED) is 0.111. The van der Waals surface area contributed by atoms with Crippen molar-refractivity contribution in [2.75, 3.05) is 51.5 Å². The number of aromatic nitrogens is 19. The molecule has 0 spiro atoms. The third kappa shape index (κ3) is 12.6. The van der Waals surface area contributed by atoms with Crippen molar-refractivity contribution >= 4 is 29.6 Å². The molecular weight excluding hydrogens is 1410 g/mol. The number of nitrogens with one attached hydrogen (secondary N) is 2. The van der Waals surface area contributed by atoms with Crippen LogP contribution in [0.4, 0.5) is 29.6 Å². The minimum Gasteiger partial charge on any atom is -0.388 e. The first-order valence-electron chi connectivity index (χ1n) is 36.3. The lowest BCUT2D eigenvalue weighted by Gasteiger charge is -2.42. The van der Waals surface area contributed by atoms with Gasteiger partial charge in [-0.3, -0.25) is 37.8 Å². The summed E-state index contributed by atoms with van der Waals surface area (Å²) in [6.07, 6.45) is 10.8. The molecule has 0 amide bonds. The van der Waals surface area contributed by atoms with E-state index in [9.17, 15) is 39.0 Å². The lowest BCUT2D eigenvalue weighted by atomic mass is 9.77. The molecule has 0 radical (unpaired) electrons. The maximum atomic E-state index is 13.1. The van der Waals surface area contributed by atoms with Crippen molar-refractivity contribution in [2.24, 2.45) is 11.8 Å². The number of fused-ring (bicyclic) bond motifs is 8. The zero-order chi connectivity index (χ0) is 77.0. The Morgan fingerprint density at radius 1 is 0.454 bits per heavy atom. The molecule has 0 unspecified atom stereocenters. The van der Waals surface area contributed by atoms with Gasteiger partial charge in [0.25, 0.3) is 34.9 Å². The molecule has 40 nitrogen and oxygen atoms in total. The number of aliphatic hydroxyl groups is 2. The summed E-state index contributed by atoms with van der Waals surface area (Å²) in [4.78, 5) is 116. The first-order valence-corrected chi connectivity index (χ1v) is 36.3. The van der Waals surface area contributed by atoms with Crippen LogP contribution >= 0.6 is 0 Å². The van der Waals surface area contributed by atoms with E-state index in [4.69, 9.17) is 42.8 Å². The normalized spacial score (nSPS) is 30.1. The highest BCUT2D eigenvalue weighted by Gasteiger charge is 2.63. The number of H-pyrrole nitrogens is 2. The summed E-state index contributed by atoms with van der Waals surface area (Å²) in [6.45, 7) is 28.9. The second-order valence-electron chi connectivity index (χ2n) is 29.1. The van der Waals surface area contributed by atoms with Crippen molar-refractivity contribution in [1.29, 1.82) is 0 Å². The van der Waals surface area contributed by atoms with Crippen molar-refractivity contribution in [3.05, 3.63) is 146 Å². The monoisotopic (exact) mass is 1500 g/mol. The highest BCUT2D eigenvalue weighted by Crippen LogP contribution is 2.54. The molecule has 0 aliphatic carbocycles.